The van der Waals surface area contributed by atoms with E-state index in [0.717, 1.165) is 6.54 Å². The van der Waals surface area contributed by atoms with Crippen molar-refractivity contribution in [1.29, 1.82) is 0 Å². The molecule has 14 heavy (non-hydrogen) atoms. The fourth-order valence-electron chi connectivity index (χ4n) is 1.86. The minimum atomic E-state index is 0.461. The zero-order chi connectivity index (χ0) is 9.97. The second-order valence-electron chi connectivity index (χ2n) is 3.60. The topological polar surface area (TPSA) is 3.24 Å². The molecule has 0 aromatic heterocycles. The molecule has 0 spiro atoms. The van der Waals surface area contributed by atoms with Crippen molar-refractivity contribution in [2.24, 2.45) is 0 Å². The molecule has 1 aromatic rings. The summed E-state index contributed by atoms with van der Waals surface area (Å²) in [6.45, 7) is 7.37. The van der Waals surface area contributed by atoms with E-state index in [1.807, 2.05) is 6.08 Å². The Balaban J connectivity index is 2.42. The number of benzene rings is 1. The molecule has 70 valence electrons. The van der Waals surface area contributed by atoms with Gasteiger partial charge >= 0.3 is 0 Å². The Morgan fingerprint density at radius 2 is 2.21 bits per heavy atom. The summed E-state index contributed by atoms with van der Waals surface area (Å²) in [5.41, 5.74) is 2.61. The molecule has 0 unspecified atom stereocenters. The molecule has 1 heterocycles. The fraction of sp³-hybridized carbons (Fsp3) is 0.167. The van der Waals surface area contributed by atoms with Crippen molar-refractivity contribution in [3.63, 3.8) is 0 Å². The number of nitrogens with zero attached hydrogens (tertiary/aromatic N) is 1. The minimum absolute atomic E-state index is 0.461. The summed E-state index contributed by atoms with van der Waals surface area (Å²) in [4.78, 5) is 2.35. The highest BCUT2D eigenvalue weighted by molar-refractivity contribution is 6.68. The summed E-state index contributed by atoms with van der Waals surface area (Å²) in [6.07, 6.45) is 4.14. The lowest BCUT2D eigenvalue weighted by Crippen LogP contribution is -2.37. The Morgan fingerprint density at radius 3 is 3.00 bits per heavy atom. The monoisotopic (exact) mass is 183 g/mol. The Kier molecular flexibility index (Phi) is 2.44. The maximum absolute atomic E-state index is 3.80. The van der Waals surface area contributed by atoms with Crippen LogP contribution >= 0.6 is 0 Å². The molecular formula is C12H14BN. The van der Waals surface area contributed by atoms with E-state index in [4.69, 9.17) is 0 Å². The molecule has 1 aromatic carbocycles. The largest absolute Gasteiger partial charge is 0.407 e. The van der Waals surface area contributed by atoms with Gasteiger partial charge in [-0.2, -0.15) is 0 Å². The average molecular weight is 183 g/mol. The van der Waals surface area contributed by atoms with E-state index in [2.05, 4.69) is 54.5 Å². The van der Waals surface area contributed by atoms with Crippen LogP contribution in [0.4, 0.5) is 5.69 Å². The van der Waals surface area contributed by atoms with Crippen molar-refractivity contribution in [3.8, 4) is 0 Å². The molecule has 2 rings (SSSR count). The van der Waals surface area contributed by atoms with Gasteiger partial charge in [-0.1, -0.05) is 43.1 Å². The number of hydrogen-bond acceptors (Lipinski definition) is 1. The summed E-state index contributed by atoms with van der Waals surface area (Å²) in [5, 5.41) is 0. The fourth-order valence-corrected chi connectivity index (χ4v) is 1.86. The minimum Gasteiger partial charge on any atom is -0.407 e. The van der Waals surface area contributed by atoms with Crippen molar-refractivity contribution in [1.82, 2.24) is 0 Å². The van der Waals surface area contributed by atoms with E-state index in [-0.39, 0.29) is 0 Å². The summed E-state index contributed by atoms with van der Waals surface area (Å²) in [6, 6.07) is 8.47. The number of anilines is 1. The molecule has 0 saturated heterocycles. The lowest BCUT2D eigenvalue weighted by molar-refractivity contribution is 1.16. The van der Waals surface area contributed by atoms with Gasteiger partial charge in [0.1, 0.15) is 0 Å². The second kappa shape index (κ2) is 3.75. The molecule has 0 bridgehead atoms. The van der Waals surface area contributed by atoms with Crippen LogP contribution in [0.5, 0.6) is 0 Å². The van der Waals surface area contributed by atoms with Crippen molar-refractivity contribution < 1.29 is 0 Å². The highest BCUT2D eigenvalue weighted by Crippen LogP contribution is 2.26. The number of hydrogen-bond donors (Lipinski definition) is 0. The maximum atomic E-state index is 3.80. The molecule has 1 aliphatic heterocycles. The molecule has 0 N–H and O–H groups in total. The van der Waals surface area contributed by atoms with E-state index >= 15 is 0 Å². The Morgan fingerprint density at radius 1 is 1.43 bits per heavy atom. The van der Waals surface area contributed by atoms with Gasteiger partial charge in [0.2, 0.25) is 0 Å². The molecule has 0 radical (unpaired) electrons. The normalized spacial score (nSPS) is 14.1. The SMILES string of the molecule is C=CCN1B(C)C=Cc2ccccc21. The van der Waals surface area contributed by atoms with Crippen LogP contribution in [0.3, 0.4) is 0 Å². The van der Waals surface area contributed by atoms with E-state index in [1.54, 1.807) is 0 Å². The van der Waals surface area contributed by atoms with Crippen LogP contribution in [0.1, 0.15) is 5.56 Å². The molecule has 1 nitrogen and oxygen atoms in total. The van der Waals surface area contributed by atoms with Crippen molar-refractivity contribution >= 4 is 18.6 Å². The lowest BCUT2D eigenvalue weighted by atomic mass is 9.60. The first kappa shape index (κ1) is 9.13. The van der Waals surface area contributed by atoms with Gasteiger partial charge in [-0.05, 0) is 11.6 Å². The van der Waals surface area contributed by atoms with Gasteiger partial charge in [-0.25, -0.2) is 0 Å². The van der Waals surface area contributed by atoms with E-state index < -0.39 is 0 Å². The number of rotatable bonds is 2. The lowest BCUT2D eigenvalue weighted by Gasteiger charge is -2.31. The van der Waals surface area contributed by atoms with E-state index in [1.165, 1.54) is 11.3 Å². The van der Waals surface area contributed by atoms with Crippen LogP contribution in [-0.2, 0) is 0 Å². The van der Waals surface area contributed by atoms with Crippen molar-refractivity contribution in [2.75, 3.05) is 11.4 Å². The van der Waals surface area contributed by atoms with Gasteiger partial charge in [0, 0.05) is 12.2 Å². The predicted molar refractivity (Wildman–Crippen MR) is 64.6 cm³/mol. The van der Waals surface area contributed by atoms with Gasteiger partial charge in [-0.3, -0.25) is 0 Å². The zero-order valence-corrected chi connectivity index (χ0v) is 8.48. The summed E-state index contributed by atoms with van der Waals surface area (Å²) in [7, 11) is 0. The highest BCUT2D eigenvalue weighted by Gasteiger charge is 2.19. The molecular weight excluding hydrogens is 169 g/mol. The molecule has 0 saturated carbocycles. The van der Waals surface area contributed by atoms with Crippen LogP contribution in [0, 0.1) is 0 Å². The Bertz CT molecular complexity index is 370. The first-order valence-electron chi connectivity index (χ1n) is 4.97. The molecule has 0 fully saturated rings. The summed E-state index contributed by atoms with van der Waals surface area (Å²) >= 11 is 0. The van der Waals surface area contributed by atoms with Crippen LogP contribution in [-0.4, -0.2) is 13.4 Å². The van der Waals surface area contributed by atoms with E-state index in [0.29, 0.717) is 6.85 Å². The molecule has 2 heteroatoms. The third-order valence-electron chi connectivity index (χ3n) is 2.62. The highest BCUT2D eigenvalue weighted by atomic mass is 15.1. The Labute approximate surface area is 85.8 Å². The number of para-hydroxylation sites is 1. The standard InChI is InChI=1S/C12H14BN/c1-3-10-14-12-7-5-4-6-11(12)8-9-13(14)2/h3-9H,1,10H2,2H3. The zero-order valence-electron chi connectivity index (χ0n) is 8.48. The smallest absolute Gasteiger partial charge is 0.278 e. The first-order valence-corrected chi connectivity index (χ1v) is 4.97. The van der Waals surface area contributed by atoms with Crippen LogP contribution in [0.2, 0.25) is 6.82 Å². The third-order valence-corrected chi connectivity index (χ3v) is 2.62. The van der Waals surface area contributed by atoms with E-state index in [9.17, 15) is 0 Å². The van der Waals surface area contributed by atoms with Crippen molar-refractivity contribution in [3.05, 3.63) is 48.5 Å². The summed E-state index contributed by atoms with van der Waals surface area (Å²) < 4.78 is 0. The third kappa shape index (κ3) is 1.48. The first-order chi connectivity index (χ1) is 6.83. The second-order valence-corrected chi connectivity index (χ2v) is 3.60. The van der Waals surface area contributed by atoms with Gasteiger partial charge in [0.05, 0.1) is 0 Å². The van der Waals surface area contributed by atoms with Gasteiger partial charge in [0.15, 0.2) is 0 Å². The quantitative estimate of drug-likeness (QED) is 0.503. The van der Waals surface area contributed by atoms with Gasteiger partial charge in [-0.15, -0.1) is 6.58 Å². The molecule has 0 atom stereocenters. The predicted octanol–water partition coefficient (Wildman–Crippen LogP) is 2.87. The maximum Gasteiger partial charge on any atom is 0.278 e. The summed E-state index contributed by atoms with van der Waals surface area (Å²) in [5.74, 6) is 2.23. The van der Waals surface area contributed by atoms with Crippen molar-refractivity contribution in [2.45, 2.75) is 6.82 Å². The van der Waals surface area contributed by atoms with Crippen LogP contribution in [0.15, 0.2) is 42.9 Å². The average Bonchev–Trinajstić information content (AvgIpc) is 2.23. The molecule has 0 amide bonds. The Hall–Kier alpha value is -1.44. The van der Waals surface area contributed by atoms with Crippen LogP contribution < -0.4 is 4.81 Å². The van der Waals surface area contributed by atoms with Crippen LogP contribution in [0.25, 0.3) is 6.08 Å². The van der Waals surface area contributed by atoms with Gasteiger partial charge in [0.25, 0.3) is 6.85 Å². The molecule has 0 aliphatic carbocycles. The molecule has 1 aliphatic rings. The number of fused-ring (bicyclic) bond motifs is 1. The van der Waals surface area contributed by atoms with Gasteiger partial charge < -0.3 is 4.81 Å².